The molecule has 1 aliphatic rings. The van der Waals surface area contributed by atoms with Gasteiger partial charge >= 0.3 is 5.69 Å². The first kappa shape index (κ1) is 12.0. The maximum absolute atomic E-state index is 11.6. The number of nitrogens with zero attached hydrogens (tertiary/aromatic N) is 1. The van der Waals surface area contributed by atoms with Crippen molar-refractivity contribution in [2.45, 2.75) is 31.8 Å². The van der Waals surface area contributed by atoms with E-state index in [0.717, 1.165) is 0 Å². The van der Waals surface area contributed by atoms with E-state index in [4.69, 9.17) is 9.84 Å². The minimum Gasteiger partial charge on any atom is -0.394 e. The average Bonchev–Trinajstić information content (AvgIpc) is 2.65. The van der Waals surface area contributed by atoms with Crippen LogP contribution in [-0.4, -0.2) is 38.6 Å². The van der Waals surface area contributed by atoms with Gasteiger partial charge in [-0.15, -0.1) is 0 Å². The number of aliphatic hydroxyl groups is 2. The number of aliphatic hydroxyl groups excluding tert-OH is 2. The van der Waals surface area contributed by atoms with Crippen LogP contribution in [0.15, 0.2) is 15.8 Å². The largest absolute Gasteiger partial charge is 0.394 e. The van der Waals surface area contributed by atoms with Gasteiger partial charge in [0, 0.05) is 18.2 Å². The van der Waals surface area contributed by atoms with Crippen LogP contribution in [0.2, 0.25) is 0 Å². The van der Waals surface area contributed by atoms with Crippen LogP contribution in [-0.2, 0) is 4.74 Å². The zero-order valence-electron chi connectivity index (χ0n) is 9.29. The second kappa shape index (κ2) is 4.44. The van der Waals surface area contributed by atoms with Crippen LogP contribution in [0.25, 0.3) is 0 Å². The van der Waals surface area contributed by atoms with Gasteiger partial charge in [0.1, 0.15) is 12.3 Å². The fourth-order valence-corrected chi connectivity index (χ4v) is 1.85. The van der Waals surface area contributed by atoms with Crippen molar-refractivity contribution in [2.24, 2.45) is 0 Å². The van der Waals surface area contributed by atoms with Gasteiger partial charge in [-0.2, -0.15) is 0 Å². The molecule has 0 saturated carbocycles. The highest BCUT2D eigenvalue weighted by atomic mass is 18.2. The maximum atomic E-state index is 11.6. The quantitative estimate of drug-likeness (QED) is 0.552. The topological polar surface area (TPSA) is 105 Å². The Morgan fingerprint density at radius 1 is 1.71 bits per heavy atom. The van der Waals surface area contributed by atoms with Gasteiger partial charge in [0.25, 0.3) is 5.56 Å². The number of H-pyrrole nitrogens is 1. The second-order valence-corrected chi connectivity index (χ2v) is 4.09. The number of aryl methyl sites for hydroxylation is 1. The molecular formula is C10H14N2O5. The van der Waals surface area contributed by atoms with E-state index in [0.29, 0.717) is 5.56 Å². The molecule has 0 aromatic carbocycles. The molecule has 0 amide bonds. The molecule has 1 saturated heterocycles. The molecule has 0 bridgehead atoms. The fraction of sp³-hybridized carbons (Fsp3) is 0.600. The molecule has 2 rings (SSSR count). The summed E-state index contributed by atoms with van der Waals surface area (Å²) in [6.07, 6.45) is -0.581. The molecule has 3 N–H and O–H groups in total. The molecule has 7 heteroatoms. The second-order valence-electron chi connectivity index (χ2n) is 4.09. The molecule has 1 aliphatic heterocycles. The number of aromatic amines is 1. The zero-order valence-corrected chi connectivity index (χ0v) is 9.29. The predicted octanol–water partition coefficient (Wildman–Crippen LogP) is -1.51. The molecule has 1 aromatic heterocycles. The van der Waals surface area contributed by atoms with Gasteiger partial charge in [-0.25, -0.2) is 4.79 Å². The summed E-state index contributed by atoms with van der Waals surface area (Å²) in [6, 6.07) is 0. The predicted molar refractivity (Wildman–Crippen MR) is 57.7 cm³/mol. The summed E-state index contributed by atoms with van der Waals surface area (Å²) in [4.78, 5) is 24.9. The van der Waals surface area contributed by atoms with Crippen LogP contribution in [0.3, 0.4) is 0 Å². The summed E-state index contributed by atoms with van der Waals surface area (Å²) in [6.45, 7) is 1.26. The van der Waals surface area contributed by atoms with E-state index in [-0.39, 0.29) is 13.0 Å². The lowest BCUT2D eigenvalue weighted by Gasteiger charge is -2.14. The standard InChI is InChI=1S/C10H14N2O5/c1-5-3-12(10(16)11-9(5)15)8-2-6(14)7(4-13)17-8/h3,6-8,13-14H,2,4H2,1H3,(H,11,15,16)/t6?,7-,8-/m1/s1/i13+2,14+2,16+2. The Balaban J connectivity index is 2.34. The number of rotatable bonds is 2. The van der Waals surface area contributed by atoms with Gasteiger partial charge in [-0.05, 0) is 6.92 Å². The van der Waals surface area contributed by atoms with E-state index in [1.54, 1.807) is 6.92 Å². The summed E-state index contributed by atoms with van der Waals surface area (Å²) < 4.78 is 6.54. The van der Waals surface area contributed by atoms with Crippen molar-refractivity contribution in [3.05, 3.63) is 32.6 Å². The molecular weight excluding hydrogens is 234 g/mol. The highest BCUT2D eigenvalue weighted by molar-refractivity contribution is 5.02. The molecule has 1 fully saturated rings. The third kappa shape index (κ3) is 2.17. The van der Waals surface area contributed by atoms with Gasteiger partial charge in [0.2, 0.25) is 0 Å². The van der Waals surface area contributed by atoms with Crippen LogP contribution < -0.4 is 11.2 Å². The van der Waals surface area contributed by atoms with Crippen molar-refractivity contribution < 1.29 is 14.9 Å². The first-order valence-corrected chi connectivity index (χ1v) is 5.29. The lowest BCUT2D eigenvalue weighted by atomic mass is 10.2. The Bertz CT molecular complexity index is 520. The third-order valence-electron chi connectivity index (χ3n) is 2.84. The van der Waals surface area contributed by atoms with Crippen LogP contribution >= 0.6 is 0 Å². The molecule has 2 heterocycles. The van der Waals surface area contributed by atoms with Gasteiger partial charge in [0.05, 0.1) is 12.7 Å². The molecule has 1 aromatic rings. The normalized spacial score (nSPS) is 28.5. The smallest absolute Gasteiger partial charge is 0.330 e. The van der Waals surface area contributed by atoms with E-state index in [9.17, 15) is 14.7 Å². The molecule has 7 nitrogen and oxygen atoms in total. The zero-order chi connectivity index (χ0) is 12.6. The number of aromatic nitrogens is 2. The highest BCUT2D eigenvalue weighted by Gasteiger charge is 2.34. The van der Waals surface area contributed by atoms with Crippen molar-refractivity contribution in [3.8, 4) is 0 Å². The SMILES string of the molecule is Cc1cn([C@H]2CC([18OH])[C@@H](C[18OH])O2)c(=[18O])[nH]c1=O. The first-order valence-electron chi connectivity index (χ1n) is 5.29. The first-order chi connectivity index (χ1) is 8.02. The van der Waals surface area contributed by atoms with Crippen molar-refractivity contribution >= 4 is 0 Å². The van der Waals surface area contributed by atoms with Crippen molar-refractivity contribution in [1.29, 1.82) is 0 Å². The van der Waals surface area contributed by atoms with Gasteiger partial charge in [-0.3, -0.25) is 14.3 Å². The Labute approximate surface area is 96.3 Å². The van der Waals surface area contributed by atoms with Crippen molar-refractivity contribution in [3.63, 3.8) is 0 Å². The number of hydrogen-bond acceptors (Lipinski definition) is 5. The van der Waals surface area contributed by atoms with Gasteiger partial charge in [-0.1, -0.05) is 0 Å². The average molecular weight is 248 g/mol. The molecule has 1 unspecified atom stereocenters. The van der Waals surface area contributed by atoms with E-state index in [2.05, 4.69) is 4.98 Å². The Morgan fingerprint density at radius 3 is 3.00 bits per heavy atom. The van der Waals surface area contributed by atoms with Crippen LogP contribution in [0.1, 0.15) is 18.2 Å². The summed E-state index contributed by atoms with van der Waals surface area (Å²) in [7, 11) is 0. The number of hydrogen-bond donors (Lipinski definition) is 3. The van der Waals surface area contributed by atoms with Crippen LogP contribution in [0, 0.1) is 6.92 Å². The van der Waals surface area contributed by atoms with E-state index < -0.39 is 29.7 Å². The Hall–Kier alpha value is -1.44. The lowest BCUT2D eigenvalue weighted by Crippen LogP contribution is -2.33. The summed E-state index contributed by atoms with van der Waals surface area (Å²) in [5.74, 6) is 0. The minimum atomic E-state index is -0.816. The summed E-state index contributed by atoms with van der Waals surface area (Å²) in [5.41, 5.74) is -0.643. The van der Waals surface area contributed by atoms with E-state index in [1.165, 1.54) is 10.8 Å². The van der Waals surface area contributed by atoms with Crippen molar-refractivity contribution in [1.82, 2.24) is 9.55 Å². The van der Waals surface area contributed by atoms with Gasteiger partial charge in [0.15, 0.2) is 0 Å². The third-order valence-corrected chi connectivity index (χ3v) is 2.84. The number of ether oxygens (including phenoxy) is 1. The van der Waals surface area contributed by atoms with Crippen LogP contribution in [0.5, 0.6) is 0 Å². The molecule has 0 aliphatic carbocycles. The molecule has 94 valence electrons. The minimum absolute atomic E-state index is 0.205. The number of nitrogens with one attached hydrogen (secondary N) is 1. The highest BCUT2D eigenvalue weighted by Crippen LogP contribution is 2.27. The molecule has 0 spiro atoms. The van der Waals surface area contributed by atoms with E-state index >= 15 is 0 Å². The van der Waals surface area contributed by atoms with Gasteiger partial charge < -0.3 is 14.9 Å². The van der Waals surface area contributed by atoms with Crippen LogP contribution in [0.4, 0.5) is 0 Å². The molecule has 17 heavy (non-hydrogen) atoms. The molecule has 3 atom stereocenters. The monoisotopic (exact) mass is 248 g/mol. The summed E-state index contributed by atoms with van der Waals surface area (Å²) in [5, 5.41) is 18.5. The molecule has 0 radical (unpaired) electrons. The van der Waals surface area contributed by atoms with E-state index in [1.807, 2.05) is 0 Å². The summed E-state index contributed by atoms with van der Waals surface area (Å²) >= 11 is 0. The Morgan fingerprint density at radius 2 is 2.41 bits per heavy atom. The maximum Gasteiger partial charge on any atom is 0.330 e. The Kier molecular flexibility index (Phi) is 3.14. The lowest BCUT2D eigenvalue weighted by molar-refractivity contribution is -0.0459. The fourth-order valence-electron chi connectivity index (χ4n) is 1.85. The van der Waals surface area contributed by atoms with Crippen molar-refractivity contribution in [2.75, 3.05) is 6.61 Å².